The lowest BCUT2D eigenvalue weighted by molar-refractivity contribution is -0.161. The Balaban J connectivity index is 2.62. The molecular weight excluding hydrogens is 223 g/mol. The van der Waals surface area contributed by atoms with Crippen LogP contribution >= 0.6 is 8.03 Å². The molecule has 2 heterocycles. The lowest BCUT2D eigenvalue weighted by atomic mass is 10.5. The van der Waals surface area contributed by atoms with E-state index in [1.54, 1.807) is 0 Å². The summed E-state index contributed by atoms with van der Waals surface area (Å²) in [5, 5.41) is 8.58. The third-order valence-electron chi connectivity index (χ3n) is 1.59. The van der Waals surface area contributed by atoms with E-state index in [1.165, 1.54) is 6.20 Å². The number of hydrogen-bond acceptors (Lipinski definition) is 6. The number of fused-ring (bicyclic) bond motifs is 1. The number of H-pyrrole nitrogens is 1. The third kappa shape index (κ3) is 1.67. The van der Waals surface area contributed by atoms with E-state index in [0.717, 1.165) is 0 Å². The molecule has 0 aromatic carbocycles. The van der Waals surface area contributed by atoms with Crippen molar-refractivity contribution in [1.82, 2.24) is 19.9 Å². The lowest BCUT2D eigenvalue weighted by Crippen LogP contribution is -2.07. The summed E-state index contributed by atoms with van der Waals surface area (Å²) in [4.78, 5) is 34.2. The van der Waals surface area contributed by atoms with Crippen LogP contribution in [0, 0.1) is 0 Å². The molecule has 1 unspecified atom stereocenters. The van der Waals surface area contributed by atoms with Crippen LogP contribution in [0.15, 0.2) is 6.20 Å². The number of aromatic amines is 1. The van der Waals surface area contributed by atoms with Gasteiger partial charge in [-0.05, 0) is 0 Å². The van der Waals surface area contributed by atoms with Gasteiger partial charge >= 0.3 is 19.6 Å². The van der Waals surface area contributed by atoms with Gasteiger partial charge in [-0.3, -0.25) is 4.98 Å². The Morgan fingerprint density at radius 3 is 2.87 bits per heavy atom. The Morgan fingerprint density at radius 2 is 2.27 bits per heavy atom. The highest BCUT2D eigenvalue weighted by Crippen LogP contribution is 2.09. The monoisotopic (exact) mass is 226 g/mol. The maximum Gasteiger partial charge on any atom is 0.389 e. The predicted octanol–water partition coefficient (Wildman–Crippen LogP) is -1.22. The highest BCUT2D eigenvalue weighted by Gasteiger charge is 2.16. The van der Waals surface area contributed by atoms with Crippen molar-refractivity contribution in [3.63, 3.8) is 0 Å². The molecule has 2 aromatic rings. The van der Waals surface area contributed by atoms with E-state index in [-0.39, 0.29) is 16.7 Å². The molecule has 2 N–H and O–H groups in total. The van der Waals surface area contributed by atoms with Crippen molar-refractivity contribution in [2.75, 3.05) is 0 Å². The van der Waals surface area contributed by atoms with Gasteiger partial charge in [-0.1, -0.05) is 4.57 Å². The molecule has 15 heavy (non-hydrogen) atoms. The van der Waals surface area contributed by atoms with Gasteiger partial charge in [0.2, 0.25) is 5.82 Å². The highest BCUT2D eigenvalue weighted by molar-refractivity contribution is 7.45. The molecule has 0 aliphatic carbocycles. The highest BCUT2D eigenvalue weighted by atomic mass is 31.1. The second kappa shape index (κ2) is 3.34. The molecule has 2 rings (SSSR count). The predicted molar refractivity (Wildman–Crippen MR) is 45.9 cm³/mol. The van der Waals surface area contributed by atoms with Gasteiger partial charge in [0.25, 0.3) is 0 Å². The molecule has 1 atom stereocenters. The van der Waals surface area contributed by atoms with Crippen LogP contribution in [-0.4, -0.2) is 31.0 Å². The molecule has 0 aliphatic rings. The smallest absolute Gasteiger partial charge is 0.389 e. The number of carboxylic acids is 1. The van der Waals surface area contributed by atoms with E-state index in [2.05, 4.69) is 19.9 Å². The molecule has 0 aliphatic heterocycles. The normalized spacial score (nSPS) is 11.7. The van der Waals surface area contributed by atoms with Crippen LogP contribution in [0.1, 0.15) is 10.6 Å². The first-order valence-electron chi connectivity index (χ1n) is 3.68. The number of carboxylic acid groups (broad SMARTS) is 1. The first kappa shape index (κ1) is 9.63. The molecule has 0 fully saturated rings. The summed E-state index contributed by atoms with van der Waals surface area (Å²) in [5.74, 6) is -1.73. The fourth-order valence-corrected chi connectivity index (χ4v) is 1.37. The first-order valence-corrected chi connectivity index (χ1v) is 4.86. The number of hydrogen-bond donors (Lipinski definition) is 2. The maximum atomic E-state index is 10.6. The van der Waals surface area contributed by atoms with Crippen LogP contribution in [0.5, 0.6) is 0 Å². The average Bonchev–Trinajstić information content (AvgIpc) is 2.59. The number of aromatic nitrogens is 4. The van der Waals surface area contributed by atoms with Crippen molar-refractivity contribution in [2.24, 2.45) is 0 Å². The summed E-state index contributed by atoms with van der Waals surface area (Å²) in [7, 11) is -2.85. The van der Waals surface area contributed by atoms with Gasteiger partial charge in [-0.15, -0.1) is 0 Å². The summed E-state index contributed by atoms with van der Waals surface area (Å²) in [6.07, 6.45) is 1.17. The topological polar surface area (TPSA) is 132 Å². The molecule has 76 valence electrons. The molecular formula is C6H3N4O4P. The Kier molecular flexibility index (Phi) is 2.14. The summed E-state index contributed by atoms with van der Waals surface area (Å²) >= 11 is 0. The fraction of sp³-hybridized carbons (Fsp3) is 0. The molecule has 8 nitrogen and oxygen atoms in total. The van der Waals surface area contributed by atoms with Crippen molar-refractivity contribution >= 4 is 30.7 Å². The zero-order valence-electron chi connectivity index (χ0n) is 7.04. The van der Waals surface area contributed by atoms with Gasteiger partial charge < -0.3 is 10.00 Å². The number of imidazole rings is 1. The minimum Gasteiger partial charge on any atom is -0.588 e. The minimum absolute atomic E-state index is 0.0107. The summed E-state index contributed by atoms with van der Waals surface area (Å²) in [6, 6.07) is 0. The quantitative estimate of drug-likeness (QED) is 0.613. The largest absolute Gasteiger partial charge is 0.588 e. The zero-order chi connectivity index (χ0) is 11.0. The fourth-order valence-electron chi connectivity index (χ4n) is 0.984. The molecule has 9 heteroatoms. The Hall–Kier alpha value is -1.92. The number of aromatic carboxylic acids is 1. The van der Waals surface area contributed by atoms with Crippen LogP contribution in [0.2, 0.25) is 0 Å². The summed E-state index contributed by atoms with van der Waals surface area (Å²) < 4.78 is 10.6. The van der Waals surface area contributed by atoms with Crippen LogP contribution in [-0.2, 0) is 4.57 Å². The van der Waals surface area contributed by atoms with Gasteiger partial charge in [0.1, 0.15) is 5.52 Å². The van der Waals surface area contributed by atoms with Crippen molar-refractivity contribution in [2.45, 2.75) is 0 Å². The van der Waals surface area contributed by atoms with Crippen LogP contribution < -0.4 is 10.5 Å². The Bertz CT molecular complexity index is 553. The van der Waals surface area contributed by atoms with Crippen molar-refractivity contribution in [3.8, 4) is 0 Å². The Morgan fingerprint density at radius 1 is 1.53 bits per heavy atom. The Labute approximate surface area is 82.9 Å². The average molecular weight is 226 g/mol. The van der Waals surface area contributed by atoms with E-state index >= 15 is 0 Å². The molecule has 0 radical (unpaired) electrons. The molecule has 0 saturated heterocycles. The molecule has 0 bridgehead atoms. The first-order chi connectivity index (χ1) is 7.08. The number of rotatable bonds is 2. The SMILES string of the molecule is O=C(O)c1ncc2[nH]c([P+](=O)[O-])nc2n1. The number of nitrogens with one attached hydrogen (secondary N) is 1. The van der Waals surface area contributed by atoms with E-state index in [4.69, 9.17) is 5.11 Å². The van der Waals surface area contributed by atoms with Gasteiger partial charge in [0, 0.05) is 0 Å². The molecule has 0 spiro atoms. The molecule has 2 aromatic heterocycles. The minimum atomic E-state index is -2.85. The van der Waals surface area contributed by atoms with Gasteiger partial charge in [-0.25, -0.2) is 14.8 Å². The second-order valence-corrected chi connectivity index (χ2v) is 3.49. The second-order valence-electron chi connectivity index (χ2n) is 2.55. The van der Waals surface area contributed by atoms with E-state index < -0.39 is 19.8 Å². The van der Waals surface area contributed by atoms with E-state index in [0.29, 0.717) is 0 Å². The third-order valence-corrected chi connectivity index (χ3v) is 2.15. The van der Waals surface area contributed by atoms with Gasteiger partial charge in [0.15, 0.2) is 5.65 Å². The van der Waals surface area contributed by atoms with Crippen molar-refractivity contribution in [1.29, 1.82) is 0 Å². The van der Waals surface area contributed by atoms with Crippen LogP contribution in [0.4, 0.5) is 0 Å². The van der Waals surface area contributed by atoms with Gasteiger partial charge in [-0.2, -0.15) is 4.98 Å². The summed E-state index contributed by atoms with van der Waals surface area (Å²) in [6.45, 7) is 0. The number of nitrogens with zero attached hydrogens (tertiary/aromatic N) is 3. The number of carbonyl (C=O) groups is 1. The van der Waals surface area contributed by atoms with Crippen LogP contribution in [0.25, 0.3) is 11.2 Å². The molecule has 0 amide bonds. The van der Waals surface area contributed by atoms with E-state index in [1.807, 2.05) is 0 Å². The summed E-state index contributed by atoms with van der Waals surface area (Å²) in [5.41, 5.74) is 0.0163. The maximum absolute atomic E-state index is 10.6. The standard InChI is InChI=1S/C6H3N4O4P/c11-5(12)4-7-1-2-3(9-4)10-6(8-2)15(13)14/h1H,(H,11,12)(H,7,8,9,10). The van der Waals surface area contributed by atoms with Crippen molar-refractivity contribution in [3.05, 3.63) is 12.0 Å². The van der Waals surface area contributed by atoms with Crippen molar-refractivity contribution < 1.29 is 19.4 Å². The van der Waals surface area contributed by atoms with E-state index in [9.17, 15) is 14.3 Å². The lowest BCUT2D eigenvalue weighted by Gasteiger charge is -1.89. The van der Waals surface area contributed by atoms with Crippen LogP contribution in [0.3, 0.4) is 0 Å². The molecule has 0 saturated carbocycles. The zero-order valence-corrected chi connectivity index (χ0v) is 7.93. The van der Waals surface area contributed by atoms with Gasteiger partial charge in [0.05, 0.1) is 6.20 Å².